The summed E-state index contributed by atoms with van der Waals surface area (Å²) < 4.78 is 0. The minimum Gasteiger partial charge on any atom is -0.504 e. The van der Waals surface area contributed by atoms with E-state index in [9.17, 15) is 10.2 Å². The van der Waals surface area contributed by atoms with Crippen molar-refractivity contribution in [3.05, 3.63) is 35.8 Å². The molecule has 0 bridgehead atoms. The lowest BCUT2D eigenvalue weighted by molar-refractivity contribution is 0.352. The summed E-state index contributed by atoms with van der Waals surface area (Å²) in [6.07, 6.45) is 7.81. The lowest BCUT2D eigenvalue weighted by atomic mass is 9.87. The Labute approximate surface area is 72.5 Å². The predicted molar refractivity (Wildman–Crippen MR) is 49.0 cm³/mol. The summed E-state index contributed by atoms with van der Waals surface area (Å²) in [5.41, 5.74) is -0.0571. The average Bonchev–Trinajstić information content (AvgIpc) is 2.20. The van der Waals surface area contributed by atoms with Gasteiger partial charge in [-0.25, -0.2) is 0 Å². The highest BCUT2D eigenvalue weighted by Crippen LogP contribution is 2.28. The molecule has 66 valence electrons. The Morgan fingerprint density at radius 3 is 1.92 bits per heavy atom. The second-order valence-corrected chi connectivity index (χ2v) is 3.30. The van der Waals surface area contributed by atoms with Crippen molar-refractivity contribution in [2.24, 2.45) is 5.41 Å². The zero-order chi connectivity index (χ0) is 9.19. The molecule has 0 saturated carbocycles. The molecule has 0 amide bonds. The molecular formula is C10H14O2. The molecule has 0 unspecified atom stereocenters. The van der Waals surface area contributed by atoms with Crippen molar-refractivity contribution in [1.82, 2.24) is 0 Å². The molecule has 0 atom stereocenters. The molecule has 0 aromatic carbocycles. The SMILES string of the molecule is CCC1(C)C=CC(O)=C(O)C=C1. The van der Waals surface area contributed by atoms with Crippen LogP contribution in [-0.4, -0.2) is 10.2 Å². The van der Waals surface area contributed by atoms with Gasteiger partial charge in [0.05, 0.1) is 0 Å². The molecule has 2 N–H and O–H groups in total. The van der Waals surface area contributed by atoms with Gasteiger partial charge in [0.2, 0.25) is 0 Å². The summed E-state index contributed by atoms with van der Waals surface area (Å²) in [5.74, 6) is -0.133. The van der Waals surface area contributed by atoms with Crippen molar-refractivity contribution in [3.63, 3.8) is 0 Å². The van der Waals surface area contributed by atoms with E-state index in [0.29, 0.717) is 0 Å². The monoisotopic (exact) mass is 166 g/mol. The zero-order valence-electron chi connectivity index (χ0n) is 7.41. The maximum atomic E-state index is 9.18. The first kappa shape index (κ1) is 8.91. The minimum absolute atomic E-state index is 0.0571. The van der Waals surface area contributed by atoms with E-state index in [2.05, 4.69) is 6.92 Å². The quantitative estimate of drug-likeness (QED) is 0.628. The van der Waals surface area contributed by atoms with Gasteiger partial charge in [0.25, 0.3) is 0 Å². The highest BCUT2D eigenvalue weighted by atomic mass is 16.3. The summed E-state index contributed by atoms with van der Waals surface area (Å²) in [6, 6.07) is 0. The van der Waals surface area contributed by atoms with E-state index in [1.54, 1.807) is 12.2 Å². The van der Waals surface area contributed by atoms with Gasteiger partial charge < -0.3 is 10.2 Å². The number of aliphatic hydroxyl groups excluding tert-OH is 2. The summed E-state index contributed by atoms with van der Waals surface area (Å²) in [6.45, 7) is 4.11. The van der Waals surface area contributed by atoms with E-state index in [4.69, 9.17) is 0 Å². The van der Waals surface area contributed by atoms with E-state index in [1.807, 2.05) is 19.1 Å². The van der Waals surface area contributed by atoms with Crippen molar-refractivity contribution in [3.8, 4) is 0 Å². The van der Waals surface area contributed by atoms with Crippen LogP contribution in [0.25, 0.3) is 0 Å². The molecule has 0 spiro atoms. The van der Waals surface area contributed by atoms with Gasteiger partial charge in [-0.3, -0.25) is 0 Å². The molecule has 0 fully saturated rings. The fourth-order valence-corrected chi connectivity index (χ4v) is 1.00. The van der Waals surface area contributed by atoms with Crippen LogP contribution < -0.4 is 0 Å². The molecule has 2 heteroatoms. The number of allylic oxidation sites excluding steroid dienone is 4. The lowest BCUT2D eigenvalue weighted by Gasteiger charge is -2.17. The van der Waals surface area contributed by atoms with Crippen LogP contribution in [0, 0.1) is 5.41 Å². The van der Waals surface area contributed by atoms with Gasteiger partial charge in [-0.05, 0) is 18.6 Å². The van der Waals surface area contributed by atoms with Gasteiger partial charge >= 0.3 is 0 Å². The second-order valence-electron chi connectivity index (χ2n) is 3.30. The third-order valence-corrected chi connectivity index (χ3v) is 2.27. The molecule has 1 aliphatic carbocycles. The van der Waals surface area contributed by atoms with Crippen LogP contribution in [0.4, 0.5) is 0 Å². The Balaban J connectivity index is 2.98. The maximum absolute atomic E-state index is 9.18. The normalized spacial score (nSPS) is 21.2. The van der Waals surface area contributed by atoms with Gasteiger partial charge in [0, 0.05) is 5.41 Å². The second kappa shape index (κ2) is 3.05. The first-order valence-corrected chi connectivity index (χ1v) is 4.08. The van der Waals surface area contributed by atoms with Crippen molar-refractivity contribution in [2.45, 2.75) is 20.3 Å². The molecule has 0 aliphatic heterocycles. The van der Waals surface area contributed by atoms with Gasteiger partial charge in [-0.1, -0.05) is 26.0 Å². The minimum atomic E-state index is -0.0663. The molecule has 2 nitrogen and oxygen atoms in total. The molecule has 0 saturated heterocycles. The summed E-state index contributed by atoms with van der Waals surface area (Å²) in [7, 11) is 0. The number of rotatable bonds is 1. The van der Waals surface area contributed by atoms with Crippen molar-refractivity contribution < 1.29 is 10.2 Å². The molecule has 0 heterocycles. The fraction of sp³-hybridized carbons (Fsp3) is 0.400. The van der Waals surface area contributed by atoms with E-state index in [-0.39, 0.29) is 16.9 Å². The Bertz CT molecular complexity index is 237. The molecule has 1 rings (SSSR count). The van der Waals surface area contributed by atoms with Crippen LogP contribution >= 0.6 is 0 Å². The van der Waals surface area contributed by atoms with Gasteiger partial charge in [-0.2, -0.15) is 0 Å². The van der Waals surface area contributed by atoms with E-state index in [1.165, 1.54) is 0 Å². The number of hydrogen-bond acceptors (Lipinski definition) is 2. The van der Waals surface area contributed by atoms with Crippen LogP contribution in [0.3, 0.4) is 0 Å². The number of aliphatic hydroxyl groups is 2. The van der Waals surface area contributed by atoms with Crippen molar-refractivity contribution in [2.75, 3.05) is 0 Å². The third-order valence-electron chi connectivity index (χ3n) is 2.27. The van der Waals surface area contributed by atoms with Crippen LogP contribution in [0.15, 0.2) is 35.8 Å². The third kappa shape index (κ3) is 1.70. The van der Waals surface area contributed by atoms with Gasteiger partial charge in [-0.15, -0.1) is 0 Å². The molecule has 0 aromatic heterocycles. The van der Waals surface area contributed by atoms with Crippen molar-refractivity contribution in [1.29, 1.82) is 0 Å². The zero-order valence-corrected chi connectivity index (χ0v) is 7.41. The van der Waals surface area contributed by atoms with Crippen LogP contribution in [0.2, 0.25) is 0 Å². The average molecular weight is 166 g/mol. The molecule has 0 radical (unpaired) electrons. The molecule has 0 aromatic rings. The van der Waals surface area contributed by atoms with Crippen LogP contribution in [-0.2, 0) is 0 Å². The van der Waals surface area contributed by atoms with E-state index in [0.717, 1.165) is 6.42 Å². The first-order valence-electron chi connectivity index (χ1n) is 4.08. The number of hydrogen-bond donors (Lipinski definition) is 2. The maximum Gasteiger partial charge on any atom is 0.157 e. The standard InChI is InChI=1S/C10H14O2/c1-3-10(2)6-4-8(11)9(12)5-7-10/h4-7,11-12H,3H2,1-2H3. The van der Waals surface area contributed by atoms with Crippen LogP contribution in [0.1, 0.15) is 20.3 Å². The topological polar surface area (TPSA) is 40.5 Å². The van der Waals surface area contributed by atoms with Crippen molar-refractivity contribution >= 4 is 0 Å². The Hall–Kier alpha value is -1.18. The lowest BCUT2D eigenvalue weighted by Crippen LogP contribution is -2.06. The molecule has 12 heavy (non-hydrogen) atoms. The van der Waals surface area contributed by atoms with Crippen LogP contribution in [0.5, 0.6) is 0 Å². The fourth-order valence-electron chi connectivity index (χ4n) is 1.00. The van der Waals surface area contributed by atoms with E-state index >= 15 is 0 Å². The summed E-state index contributed by atoms with van der Waals surface area (Å²) in [4.78, 5) is 0. The first-order chi connectivity index (χ1) is 5.57. The largest absolute Gasteiger partial charge is 0.504 e. The predicted octanol–water partition coefficient (Wildman–Crippen LogP) is 2.86. The summed E-state index contributed by atoms with van der Waals surface area (Å²) in [5, 5.41) is 18.4. The van der Waals surface area contributed by atoms with Gasteiger partial charge in [0.15, 0.2) is 11.5 Å². The molecule has 1 aliphatic rings. The Kier molecular flexibility index (Phi) is 2.27. The highest BCUT2D eigenvalue weighted by Gasteiger charge is 2.16. The molecular weight excluding hydrogens is 152 g/mol. The van der Waals surface area contributed by atoms with E-state index < -0.39 is 0 Å². The van der Waals surface area contributed by atoms with Gasteiger partial charge in [0.1, 0.15) is 0 Å². The Morgan fingerprint density at radius 1 is 1.17 bits per heavy atom. The Morgan fingerprint density at radius 2 is 1.58 bits per heavy atom. The summed E-state index contributed by atoms with van der Waals surface area (Å²) >= 11 is 0. The smallest absolute Gasteiger partial charge is 0.157 e. The highest BCUT2D eigenvalue weighted by molar-refractivity contribution is 5.30.